The zero-order valence-electron chi connectivity index (χ0n) is 14.0. The first-order valence-corrected chi connectivity index (χ1v) is 9.81. The molecule has 0 unspecified atom stereocenters. The fourth-order valence-corrected chi connectivity index (χ4v) is 3.89. The number of thiophene rings is 2. The van der Waals surface area contributed by atoms with Crippen molar-refractivity contribution in [1.29, 1.82) is 0 Å². The summed E-state index contributed by atoms with van der Waals surface area (Å²) in [5.41, 5.74) is 3.61. The molecule has 2 amide bonds. The van der Waals surface area contributed by atoms with E-state index in [4.69, 9.17) is 4.74 Å². The van der Waals surface area contributed by atoms with E-state index in [1.807, 2.05) is 24.3 Å². The van der Waals surface area contributed by atoms with Gasteiger partial charge in [0.1, 0.15) is 5.75 Å². The van der Waals surface area contributed by atoms with E-state index >= 15 is 0 Å². The van der Waals surface area contributed by atoms with Gasteiger partial charge in [-0.15, -0.1) is 11.3 Å². The van der Waals surface area contributed by atoms with E-state index in [9.17, 15) is 4.79 Å². The number of carbonyl (C=O) groups excluding carboxylic acids is 1. The van der Waals surface area contributed by atoms with Crippen LogP contribution in [-0.2, 0) is 13.0 Å². The van der Waals surface area contributed by atoms with Gasteiger partial charge >= 0.3 is 6.03 Å². The maximum absolute atomic E-state index is 11.9. The molecule has 2 aromatic heterocycles. The van der Waals surface area contributed by atoms with Gasteiger partial charge in [0, 0.05) is 11.4 Å². The second-order valence-electron chi connectivity index (χ2n) is 5.52. The van der Waals surface area contributed by atoms with Crippen molar-refractivity contribution in [2.45, 2.75) is 13.0 Å². The summed E-state index contributed by atoms with van der Waals surface area (Å²) in [5.74, 6) is 0.840. The molecule has 2 heterocycles. The standard InChI is InChI=1S/C19H20N2O2S2/c1-23-17-4-2-14(3-5-17)6-8-20-19(22)21-11-18-10-16(13-25-18)15-7-9-24-12-15/h2-5,7,9-10,12-13H,6,8,11H2,1H3,(H2,20,21,22). The van der Waals surface area contributed by atoms with E-state index in [0.29, 0.717) is 13.1 Å². The average Bonchev–Trinajstić information content (AvgIpc) is 3.32. The number of rotatable bonds is 7. The molecule has 0 aliphatic rings. The highest BCUT2D eigenvalue weighted by Crippen LogP contribution is 2.27. The van der Waals surface area contributed by atoms with Gasteiger partial charge in [-0.1, -0.05) is 12.1 Å². The highest BCUT2D eigenvalue weighted by Gasteiger charge is 2.05. The van der Waals surface area contributed by atoms with Gasteiger partial charge in [-0.05, 0) is 63.5 Å². The van der Waals surface area contributed by atoms with Gasteiger partial charge in [-0.25, -0.2) is 4.79 Å². The first-order valence-electron chi connectivity index (χ1n) is 7.99. The predicted octanol–water partition coefficient (Wildman–Crippen LogP) is 4.53. The largest absolute Gasteiger partial charge is 0.497 e. The van der Waals surface area contributed by atoms with Crippen LogP contribution in [0.15, 0.2) is 52.5 Å². The molecule has 25 heavy (non-hydrogen) atoms. The van der Waals surface area contributed by atoms with E-state index in [-0.39, 0.29) is 6.03 Å². The van der Waals surface area contributed by atoms with E-state index in [1.54, 1.807) is 29.8 Å². The van der Waals surface area contributed by atoms with Crippen molar-refractivity contribution in [3.05, 3.63) is 63.0 Å². The predicted molar refractivity (Wildman–Crippen MR) is 105 cm³/mol. The minimum absolute atomic E-state index is 0.140. The molecule has 130 valence electrons. The molecule has 0 radical (unpaired) electrons. The summed E-state index contributed by atoms with van der Waals surface area (Å²) in [6.45, 7) is 1.14. The maximum atomic E-state index is 11.9. The number of methoxy groups -OCH3 is 1. The lowest BCUT2D eigenvalue weighted by Crippen LogP contribution is -2.36. The molecule has 0 bridgehead atoms. The normalized spacial score (nSPS) is 10.4. The first-order chi connectivity index (χ1) is 12.2. The van der Waals surface area contributed by atoms with Crippen molar-refractivity contribution in [3.63, 3.8) is 0 Å². The Kier molecular flexibility index (Phi) is 6.09. The fraction of sp³-hybridized carbons (Fsp3) is 0.211. The summed E-state index contributed by atoms with van der Waals surface area (Å²) in [7, 11) is 1.65. The molecule has 3 aromatic rings. The second kappa shape index (κ2) is 8.69. The number of amides is 2. The number of urea groups is 1. The Bertz CT molecular complexity index is 795. The van der Waals surface area contributed by atoms with Gasteiger partial charge in [0.25, 0.3) is 0 Å². The van der Waals surface area contributed by atoms with Crippen LogP contribution in [0.2, 0.25) is 0 Å². The van der Waals surface area contributed by atoms with Crippen LogP contribution in [0.3, 0.4) is 0 Å². The van der Waals surface area contributed by atoms with Gasteiger partial charge in [-0.3, -0.25) is 0 Å². The van der Waals surface area contributed by atoms with E-state index in [1.165, 1.54) is 16.7 Å². The van der Waals surface area contributed by atoms with Crippen LogP contribution in [0.4, 0.5) is 4.79 Å². The summed E-state index contributed by atoms with van der Waals surface area (Å²) in [4.78, 5) is 13.1. The molecule has 0 spiro atoms. The molecule has 0 aliphatic carbocycles. The minimum Gasteiger partial charge on any atom is -0.497 e. The topological polar surface area (TPSA) is 50.4 Å². The summed E-state index contributed by atoms with van der Waals surface area (Å²) >= 11 is 3.35. The maximum Gasteiger partial charge on any atom is 0.315 e. The van der Waals surface area contributed by atoms with Crippen molar-refractivity contribution in [2.24, 2.45) is 0 Å². The number of hydrogen-bond acceptors (Lipinski definition) is 4. The Morgan fingerprint density at radius 3 is 2.64 bits per heavy atom. The molecule has 0 fully saturated rings. The molecule has 0 atom stereocenters. The molecule has 3 rings (SSSR count). The monoisotopic (exact) mass is 372 g/mol. The van der Waals surface area contributed by atoms with Gasteiger partial charge in [-0.2, -0.15) is 11.3 Å². The molecule has 2 N–H and O–H groups in total. The number of hydrogen-bond donors (Lipinski definition) is 2. The fourth-order valence-electron chi connectivity index (χ4n) is 2.40. The summed E-state index contributed by atoms with van der Waals surface area (Å²) < 4.78 is 5.13. The Hall–Kier alpha value is -2.31. The van der Waals surface area contributed by atoms with Gasteiger partial charge in [0.15, 0.2) is 0 Å². The van der Waals surface area contributed by atoms with Crippen molar-refractivity contribution < 1.29 is 9.53 Å². The van der Waals surface area contributed by atoms with Gasteiger partial charge < -0.3 is 15.4 Å². The summed E-state index contributed by atoms with van der Waals surface area (Å²) in [5, 5.41) is 12.1. The molecule has 1 aromatic carbocycles. The third-order valence-electron chi connectivity index (χ3n) is 3.79. The van der Waals surface area contributed by atoms with Gasteiger partial charge in [0.2, 0.25) is 0 Å². The lowest BCUT2D eigenvalue weighted by Gasteiger charge is -2.07. The molecule has 0 saturated carbocycles. The van der Waals surface area contributed by atoms with Gasteiger partial charge in [0.05, 0.1) is 13.7 Å². The number of carbonyl (C=O) groups is 1. The second-order valence-corrected chi connectivity index (χ2v) is 7.30. The van der Waals surface area contributed by atoms with E-state index in [2.05, 4.69) is 38.9 Å². The smallest absolute Gasteiger partial charge is 0.315 e. The summed E-state index contributed by atoms with van der Waals surface area (Å²) in [6.07, 6.45) is 0.790. The number of ether oxygens (including phenoxy) is 1. The molecule has 6 heteroatoms. The molecular weight excluding hydrogens is 352 g/mol. The number of benzene rings is 1. The van der Waals surface area contributed by atoms with Crippen LogP contribution in [0, 0.1) is 0 Å². The van der Waals surface area contributed by atoms with Crippen LogP contribution in [0.25, 0.3) is 11.1 Å². The zero-order chi connectivity index (χ0) is 17.5. The zero-order valence-corrected chi connectivity index (χ0v) is 15.6. The van der Waals surface area contributed by atoms with Crippen LogP contribution < -0.4 is 15.4 Å². The van der Waals surface area contributed by atoms with Crippen molar-refractivity contribution in [1.82, 2.24) is 10.6 Å². The lowest BCUT2D eigenvalue weighted by atomic mass is 10.1. The Morgan fingerprint density at radius 2 is 1.92 bits per heavy atom. The summed E-state index contributed by atoms with van der Waals surface area (Å²) in [6, 6.07) is 12.0. The highest BCUT2D eigenvalue weighted by molar-refractivity contribution is 7.10. The lowest BCUT2D eigenvalue weighted by molar-refractivity contribution is 0.240. The van der Waals surface area contributed by atoms with Crippen LogP contribution in [-0.4, -0.2) is 19.7 Å². The SMILES string of the molecule is COc1ccc(CCNC(=O)NCc2cc(-c3ccsc3)cs2)cc1. The molecular formula is C19H20N2O2S2. The van der Waals surface area contributed by atoms with Crippen LogP contribution in [0.5, 0.6) is 5.75 Å². The van der Waals surface area contributed by atoms with E-state index < -0.39 is 0 Å². The Labute approximate surface area is 155 Å². The van der Waals surface area contributed by atoms with Crippen LogP contribution in [0.1, 0.15) is 10.4 Å². The number of nitrogens with one attached hydrogen (secondary N) is 2. The van der Waals surface area contributed by atoms with E-state index in [0.717, 1.165) is 17.0 Å². The molecule has 0 saturated heterocycles. The highest BCUT2D eigenvalue weighted by atomic mass is 32.1. The third-order valence-corrected chi connectivity index (χ3v) is 5.41. The minimum atomic E-state index is -0.140. The Balaban J connectivity index is 1.39. The first kappa shape index (κ1) is 17.5. The quantitative estimate of drug-likeness (QED) is 0.640. The van der Waals surface area contributed by atoms with Crippen LogP contribution >= 0.6 is 22.7 Å². The molecule has 4 nitrogen and oxygen atoms in total. The Morgan fingerprint density at radius 1 is 1.08 bits per heavy atom. The third kappa shape index (κ3) is 5.08. The van der Waals surface area contributed by atoms with Crippen molar-refractivity contribution in [3.8, 4) is 16.9 Å². The van der Waals surface area contributed by atoms with Crippen molar-refractivity contribution in [2.75, 3.05) is 13.7 Å². The van der Waals surface area contributed by atoms with Crippen molar-refractivity contribution >= 4 is 28.7 Å². The average molecular weight is 373 g/mol. The molecule has 0 aliphatic heterocycles.